The van der Waals surface area contributed by atoms with E-state index >= 15 is 0 Å². The van der Waals surface area contributed by atoms with Crippen LogP contribution in [0.2, 0.25) is 0 Å². The third-order valence-electron chi connectivity index (χ3n) is 4.18. The highest BCUT2D eigenvalue weighted by molar-refractivity contribution is 5.61. The van der Waals surface area contributed by atoms with Crippen LogP contribution in [0.4, 0.5) is 5.69 Å². The zero-order valence-electron chi connectivity index (χ0n) is 13.1. The van der Waals surface area contributed by atoms with Crippen molar-refractivity contribution in [2.45, 2.75) is 51.4 Å². The van der Waals surface area contributed by atoms with E-state index in [4.69, 9.17) is 10.5 Å². The molecule has 3 rings (SSSR count). The van der Waals surface area contributed by atoms with Crippen molar-refractivity contribution in [2.24, 2.45) is 0 Å². The summed E-state index contributed by atoms with van der Waals surface area (Å²) < 4.78 is 8.44. The van der Waals surface area contributed by atoms with Crippen LogP contribution in [0.1, 0.15) is 40.2 Å². The summed E-state index contributed by atoms with van der Waals surface area (Å²) in [4.78, 5) is 4.54. The average molecular weight is 285 g/mol. The van der Waals surface area contributed by atoms with Gasteiger partial charge >= 0.3 is 0 Å². The molecule has 0 radical (unpaired) electrons. The molecule has 1 aromatic heterocycles. The van der Waals surface area contributed by atoms with Gasteiger partial charge in [-0.15, -0.1) is 0 Å². The Morgan fingerprint density at radius 3 is 2.67 bits per heavy atom. The lowest BCUT2D eigenvalue weighted by molar-refractivity contribution is -0.0728. The molecule has 1 aliphatic heterocycles. The Bertz CT molecular complexity index is 658. The fourth-order valence-corrected chi connectivity index (χ4v) is 3.43. The molecule has 112 valence electrons. The standard InChI is InChI=1S/C17H23N3O/c1-16(2)11-14(17(3,4)21-16)20-9-8-19-15(20)12-6-5-7-13(18)10-12/h5-10,14H,11,18H2,1-4H3. The van der Waals surface area contributed by atoms with Crippen molar-refractivity contribution >= 4 is 5.69 Å². The first-order valence-electron chi connectivity index (χ1n) is 7.37. The van der Waals surface area contributed by atoms with Crippen molar-refractivity contribution in [1.82, 2.24) is 9.55 Å². The summed E-state index contributed by atoms with van der Waals surface area (Å²) in [7, 11) is 0. The largest absolute Gasteiger partial charge is 0.399 e. The van der Waals surface area contributed by atoms with Gasteiger partial charge in [0, 0.05) is 23.6 Å². The van der Waals surface area contributed by atoms with E-state index in [1.165, 1.54) is 0 Å². The van der Waals surface area contributed by atoms with E-state index < -0.39 is 0 Å². The maximum Gasteiger partial charge on any atom is 0.140 e. The van der Waals surface area contributed by atoms with Crippen molar-refractivity contribution in [2.75, 3.05) is 5.73 Å². The number of imidazole rings is 1. The topological polar surface area (TPSA) is 53.1 Å². The van der Waals surface area contributed by atoms with Gasteiger partial charge in [0.1, 0.15) is 5.82 Å². The fourth-order valence-electron chi connectivity index (χ4n) is 3.43. The molecule has 4 heteroatoms. The smallest absolute Gasteiger partial charge is 0.140 e. The van der Waals surface area contributed by atoms with E-state index in [0.29, 0.717) is 0 Å². The summed E-state index contributed by atoms with van der Waals surface area (Å²) >= 11 is 0. The summed E-state index contributed by atoms with van der Waals surface area (Å²) in [6.45, 7) is 8.59. The van der Waals surface area contributed by atoms with Crippen LogP contribution in [0.15, 0.2) is 36.7 Å². The zero-order valence-corrected chi connectivity index (χ0v) is 13.1. The van der Waals surface area contributed by atoms with E-state index in [-0.39, 0.29) is 17.2 Å². The number of nitrogens with two attached hydrogens (primary N) is 1. The van der Waals surface area contributed by atoms with Gasteiger partial charge in [0.15, 0.2) is 0 Å². The normalized spacial score (nSPS) is 23.3. The number of hydrogen-bond donors (Lipinski definition) is 1. The predicted octanol–water partition coefficient (Wildman–Crippen LogP) is 3.65. The monoisotopic (exact) mass is 285 g/mol. The summed E-state index contributed by atoms with van der Waals surface area (Å²) in [5, 5.41) is 0. The van der Waals surface area contributed by atoms with Gasteiger partial charge in [-0.3, -0.25) is 0 Å². The molecule has 1 saturated heterocycles. The highest BCUT2D eigenvalue weighted by Crippen LogP contribution is 2.46. The maximum absolute atomic E-state index is 6.21. The van der Waals surface area contributed by atoms with Crippen molar-refractivity contribution in [3.8, 4) is 11.4 Å². The molecular formula is C17H23N3O. The van der Waals surface area contributed by atoms with E-state index in [1.807, 2.05) is 36.7 Å². The highest BCUT2D eigenvalue weighted by atomic mass is 16.5. The average Bonchev–Trinajstić information content (AvgIpc) is 2.90. The Balaban J connectivity index is 2.04. The number of ether oxygens (including phenoxy) is 1. The molecule has 0 spiro atoms. The van der Waals surface area contributed by atoms with Crippen LogP contribution in [0.25, 0.3) is 11.4 Å². The molecule has 21 heavy (non-hydrogen) atoms. The molecule has 1 aliphatic rings. The van der Waals surface area contributed by atoms with Crippen LogP contribution in [-0.2, 0) is 4.74 Å². The number of nitrogen functional groups attached to an aromatic ring is 1. The summed E-state index contributed by atoms with van der Waals surface area (Å²) in [5.74, 6) is 0.946. The van der Waals surface area contributed by atoms with Gasteiger partial charge < -0.3 is 15.0 Å². The number of anilines is 1. The number of aromatic nitrogens is 2. The van der Waals surface area contributed by atoms with E-state index in [2.05, 4.69) is 37.2 Å². The van der Waals surface area contributed by atoms with Crippen molar-refractivity contribution in [3.05, 3.63) is 36.7 Å². The zero-order chi connectivity index (χ0) is 15.3. The van der Waals surface area contributed by atoms with Crippen LogP contribution in [0.3, 0.4) is 0 Å². The summed E-state index contributed by atoms with van der Waals surface area (Å²) in [5.41, 5.74) is 7.36. The molecule has 2 aromatic rings. The molecule has 4 nitrogen and oxygen atoms in total. The highest BCUT2D eigenvalue weighted by Gasteiger charge is 2.47. The summed E-state index contributed by atoms with van der Waals surface area (Å²) in [6, 6.07) is 8.12. The number of rotatable bonds is 2. The Hall–Kier alpha value is -1.81. The Kier molecular flexibility index (Phi) is 3.10. The Morgan fingerprint density at radius 1 is 1.29 bits per heavy atom. The van der Waals surface area contributed by atoms with Crippen molar-refractivity contribution < 1.29 is 4.74 Å². The molecule has 1 atom stereocenters. The molecule has 1 unspecified atom stereocenters. The van der Waals surface area contributed by atoms with E-state index in [1.54, 1.807) is 0 Å². The first kappa shape index (κ1) is 14.1. The second kappa shape index (κ2) is 4.60. The van der Waals surface area contributed by atoms with Crippen LogP contribution >= 0.6 is 0 Å². The van der Waals surface area contributed by atoms with E-state index in [9.17, 15) is 0 Å². The third kappa shape index (κ3) is 2.56. The number of nitrogens with zero attached hydrogens (tertiary/aromatic N) is 2. The second-order valence-corrected chi connectivity index (χ2v) is 6.97. The van der Waals surface area contributed by atoms with Gasteiger partial charge in [0.2, 0.25) is 0 Å². The lowest BCUT2D eigenvalue weighted by Crippen LogP contribution is -2.31. The van der Waals surface area contributed by atoms with Gasteiger partial charge in [-0.25, -0.2) is 4.98 Å². The third-order valence-corrected chi connectivity index (χ3v) is 4.18. The van der Waals surface area contributed by atoms with E-state index in [0.717, 1.165) is 23.5 Å². The minimum absolute atomic E-state index is 0.120. The summed E-state index contributed by atoms with van der Waals surface area (Å²) in [6.07, 6.45) is 4.85. The van der Waals surface area contributed by atoms with Gasteiger partial charge in [-0.1, -0.05) is 12.1 Å². The minimum atomic E-state index is -0.223. The first-order valence-corrected chi connectivity index (χ1v) is 7.37. The van der Waals surface area contributed by atoms with Crippen LogP contribution in [-0.4, -0.2) is 20.8 Å². The molecule has 0 saturated carbocycles. The van der Waals surface area contributed by atoms with Crippen molar-refractivity contribution in [1.29, 1.82) is 0 Å². The second-order valence-electron chi connectivity index (χ2n) is 6.97. The molecular weight excluding hydrogens is 262 g/mol. The molecule has 2 N–H and O–H groups in total. The van der Waals surface area contributed by atoms with Crippen LogP contribution in [0, 0.1) is 0 Å². The molecule has 1 aromatic carbocycles. The van der Waals surface area contributed by atoms with Crippen LogP contribution < -0.4 is 5.73 Å². The molecule has 0 bridgehead atoms. The fraction of sp³-hybridized carbons (Fsp3) is 0.471. The number of benzene rings is 1. The molecule has 0 aliphatic carbocycles. The lowest BCUT2D eigenvalue weighted by Gasteiger charge is -2.29. The lowest BCUT2D eigenvalue weighted by atomic mass is 9.94. The van der Waals surface area contributed by atoms with Gasteiger partial charge in [0.25, 0.3) is 0 Å². The van der Waals surface area contributed by atoms with Gasteiger partial charge in [-0.2, -0.15) is 0 Å². The molecule has 1 fully saturated rings. The van der Waals surface area contributed by atoms with Crippen molar-refractivity contribution in [3.63, 3.8) is 0 Å². The molecule has 0 amide bonds. The Labute approximate surface area is 125 Å². The molecule has 2 heterocycles. The number of hydrogen-bond acceptors (Lipinski definition) is 3. The Morgan fingerprint density at radius 2 is 2.05 bits per heavy atom. The van der Waals surface area contributed by atoms with Crippen LogP contribution in [0.5, 0.6) is 0 Å². The quantitative estimate of drug-likeness (QED) is 0.857. The first-order chi connectivity index (χ1) is 9.78. The predicted molar refractivity (Wildman–Crippen MR) is 85.0 cm³/mol. The minimum Gasteiger partial charge on any atom is -0.399 e. The SMILES string of the molecule is CC1(C)CC(n2ccnc2-c2cccc(N)c2)C(C)(C)O1. The van der Waals surface area contributed by atoms with Gasteiger partial charge in [0.05, 0.1) is 17.2 Å². The van der Waals surface area contributed by atoms with Gasteiger partial charge in [-0.05, 0) is 46.2 Å². The maximum atomic E-state index is 6.21.